The molecule has 0 aliphatic carbocycles. The van der Waals surface area contributed by atoms with Gasteiger partial charge < -0.3 is 10.6 Å². The standard InChI is InChI=1S/C24H22F3N5O3S/c1-36(34,35)30-13-16-4-2-5-17(10-16)18-8-9-32-21(14-28-22(32)12-18)19-6-3-7-20(11-19)31-23(33)29-15-24(25,26)27/h2-12,14,30H,13,15H2,1H3,(H2,29,31,33). The van der Waals surface area contributed by atoms with Crippen molar-refractivity contribution < 1.29 is 26.4 Å². The summed E-state index contributed by atoms with van der Waals surface area (Å²) in [5, 5.41) is 4.17. The number of pyridine rings is 1. The van der Waals surface area contributed by atoms with Gasteiger partial charge in [-0.2, -0.15) is 13.2 Å². The summed E-state index contributed by atoms with van der Waals surface area (Å²) in [6, 6.07) is 17.0. The lowest BCUT2D eigenvalue weighted by molar-refractivity contribution is -0.122. The summed E-state index contributed by atoms with van der Waals surface area (Å²) in [7, 11) is -3.31. The molecule has 0 saturated carbocycles. The second kappa shape index (κ2) is 9.99. The first kappa shape index (κ1) is 25.2. The number of nitrogens with zero attached hydrogens (tertiary/aromatic N) is 2. The van der Waals surface area contributed by atoms with E-state index in [-0.39, 0.29) is 6.54 Å². The third-order valence-electron chi connectivity index (χ3n) is 5.18. The topological polar surface area (TPSA) is 105 Å². The minimum Gasteiger partial charge on any atom is -0.329 e. The van der Waals surface area contributed by atoms with Gasteiger partial charge in [0.1, 0.15) is 12.2 Å². The fraction of sp³-hybridized carbons (Fsp3) is 0.167. The fourth-order valence-electron chi connectivity index (χ4n) is 3.56. The summed E-state index contributed by atoms with van der Waals surface area (Å²) in [5.74, 6) is 0. The number of aromatic nitrogens is 2. The minimum absolute atomic E-state index is 0.182. The average Bonchev–Trinajstić information content (AvgIpc) is 3.24. The summed E-state index contributed by atoms with van der Waals surface area (Å²) in [6.45, 7) is -1.24. The number of hydrogen-bond donors (Lipinski definition) is 3. The number of amides is 2. The molecular weight excluding hydrogens is 495 g/mol. The molecule has 0 bridgehead atoms. The molecular formula is C24H22F3N5O3S. The summed E-state index contributed by atoms with van der Waals surface area (Å²) >= 11 is 0. The number of hydrogen-bond acceptors (Lipinski definition) is 4. The molecule has 8 nitrogen and oxygen atoms in total. The lowest BCUT2D eigenvalue weighted by Crippen LogP contribution is -2.36. The summed E-state index contributed by atoms with van der Waals surface area (Å²) in [4.78, 5) is 16.2. The molecule has 12 heteroatoms. The van der Waals surface area contributed by atoms with E-state index in [1.165, 1.54) is 0 Å². The first-order valence-corrected chi connectivity index (χ1v) is 12.6. The van der Waals surface area contributed by atoms with Crippen LogP contribution in [0.1, 0.15) is 5.56 Å². The van der Waals surface area contributed by atoms with Crippen molar-refractivity contribution in [1.29, 1.82) is 0 Å². The zero-order valence-electron chi connectivity index (χ0n) is 19.0. The summed E-state index contributed by atoms with van der Waals surface area (Å²) in [6.07, 6.45) is 0.108. The van der Waals surface area contributed by atoms with Crippen LogP contribution in [0.25, 0.3) is 28.0 Å². The molecule has 0 spiro atoms. The van der Waals surface area contributed by atoms with Crippen molar-refractivity contribution >= 4 is 27.4 Å². The highest BCUT2D eigenvalue weighted by atomic mass is 32.2. The Morgan fingerprint density at radius 3 is 2.47 bits per heavy atom. The van der Waals surface area contributed by atoms with Gasteiger partial charge >= 0.3 is 12.2 Å². The zero-order valence-corrected chi connectivity index (χ0v) is 19.8. The van der Waals surface area contributed by atoms with Crippen LogP contribution in [-0.4, -0.2) is 42.8 Å². The van der Waals surface area contributed by atoms with Crippen LogP contribution in [0.15, 0.2) is 73.1 Å². The van der Waals surface area contributed by atoms with Crippen LogP contribution in [0.5, 0.6) is 0 Å². The highest BCUT2D eigenvalue weighted by Gasteiger charge is 2.27. The van der Waals surface area contributed by atoms with Crippen molar-refractivity contribution in [3.63, 3.8) is 0 Å². The lowest BCUT2D eigenvalue weighted by atomic mass is 10.0. The summed E-state index contributed by atoms with van der Waals surface area (Å²) in [5.41, 5.74) is 5.01. The van der Waals surface area contributed by atoms with Crippen molar-refractivity contribution in [2.24, 2.45) is 0 Å². The number of benzene rings is 2. The molecule has 0 aliphatic heterocycles. The van der Waals surface area contributed by atoms with Gasteiger partial charge in [-0.05, 0) is 47.0 Å². The number of fused-ring (bicyclic) bond motifs is 1. The third kappa shape index (κ3) is 6.61. The van der Waals surface area contributed by atoms with Crippen LogP contribution in [-0.2, 0) is 16.6 Å². The molecule has 36 heavy (non-hydrogen) atoms. The lowest BCUT2D eigenvalue weighted by Gasteiger charge is -2.11. The van der Waals surface area contributed by atoms with Gasteiger partial charge in [0, 0.05) is 24.0 Å². The SMILES string of the molecule is CS(=O)(=O)NCc1cccc(-c2ccn3c(-c4cccc(NC(=O)NCC(F)(F)F)c4)cnc3c2)c1. The van der Waals surface area contributed by atoms with E-state index in [1.54, 1.807) is 35.8 Å². The predicted molar refractivity (Wildman–Crippen MR) is 131 cm³/mol. The Hall–Kier alpha value is -3.90. The van der Waals surface area contributed by atoms with Crippen molar-refractivity contribution in [2.75, 3.05) is 18.1 Å². The molecule has 188 valence electrons. The second-order valence-electron chi connectivity index (χ2n) is 8.08. The first-order valence-electron chi connectivity index (χ1n) is 10.7. The quantitative estimate of drug-likeness (QED) is 0.338. The molecule has 0 atom stereocenters. The Morgan fingerprint density at radius 2 is 1.72 bits per heavy atom. The van der Waals surface area contributed by atoms with Gasteiger partial charge in [-0.25, -0.2) is 22.9 Å². The highest BCUT2D eigenvalue weighted by Crippen LogP contribution is 2.27. The molecule has 0 aliphatic rings. The van der Waals surface area contributed by atoms with Gasteiger partial charge in [0.2, 0.25) is 10.0 Å². The fourth-order valence-corrected chi connectivity index (χ4v) is 3.99. The van der Waals surface area contributed by atoms with Gasteiger partial charge in [0.15, 0.2) is 0 Å². The normalized spacial score (nSPS) is 12.0. The second-order valence-corrected chi connectivity index (χ2v) is 9.92. The van der Waals surface area contributed by atoms with Crippen molar-refractivity contribution in [3.05, 3.63) is 78.6 Å². The molecule has 0 saturated heterocycles. The first-order chi connectivity index (χ1) is 17.0. The Labute approximate surface area is 205 Å². The Morgan fingerprint density at radius 1 is 1.00 bits per heavy atom. The van der Waals surface area contributed by atoms with Gasteiger partial charge in [0.05, 0.1) is 18.1 Å². The van der Waals surface area contributed by atoms with E-state index in [0.29, 0.717) is 16.9 Å². The van der Waals surface area contributed by atoms with Crippen molar-refractivity contribution in [3.8, 4) is 22.4 Å². The minimum atomic E-state index is -4.50. The van der Waals surface area contributed by atoms with Gasteiger partial charge in [-0.3, -0.25) is 4.40 Å². The van der Waals surface area contributed by atoms with E-state index >= 15 is 0 Å². The van der Waals surface area contributed by atoms with E-state index in [1.807, 2.05) is 47.0 Å². The van der Waals surface area contributed by atoms with Gasteiger partial charge in [0.25, 0.3) is 0 Å². The Bertz CT molecular complexity index is 1520. The Balaban J connectivity index is 1.54. The molecule has 0 unspecified atom stereocenters. The number of alkyl halides is 3. The molecule has 4 rings (SSSR count). The average molecular weight is 518 g/mol. The van der Waals surface area contributed by atoms with Crippen LogP contribution in [0.4, 0.5) is 23.7 Å². The predicted octanol–water partition coefficient (Wildman–Crippen LogP) is 4.40. The van der Waals surface area contributed by atoms with Crippen LogP contribution < -0.4 is 15.4 Å². The van der Waals surface area contributed by atoms with Crippen molar-refractivity contribution in [2.45, 2.75) is 12.7 Å². The molecule has 0 radical (unpaired) electrons. The van der Waals surface area contributed by atoms with Crippen LogP contribution in [0, 0.1) is 0 Å². The number of halogens is 3. The number of sulfonamides is 1. The number of rotatable bonds is 7. The number of imidazole rings is 1. The Kier molecular flexibility index (Phi) is 7.00. The largest absolute Gasteiger partial charge is 0.405 e. The zero-order chi connectivity index (χ0) is 25.9. The van der Waals surface area contributed by atoms with E-state index in [2.05, 4.69) is 15.0 Å². The van der Waals surface area contributed by atoms with Crippen LogP contribution >= 0.6 is 0 Å². The molecule has 2 heterocycles. The maximum absolute atomic E-state index is 12.3. The van der Waals surface area contributed by atoms with E-state index in [4.69, 9.17) is 0 Å². The number of nitrogens with one attached hydrogen (secondary N) is 3. The molecule has 2 aromatic heterocycles. The van der Waals surface area contributed by atoms with Crippen LogP contribution in [0.3, 0.4) is 0 Å². The van der Waals surface area contributed by atoms with Crippen LogP contribution in [0.2, 0.25) is 0 Å². The summed E-state index contributed by atoms with van der Waals surface area (Å²) < 4.78 is 64.0. The maximum Gasteiger partial charge on any atom is 0.405 e. The number of anilines is 1. The van der Waals surface area contributed by atoms with E-state index in [0.717, 1.165) is 28.6 Å². The molecule has 2 aromatic carbocycles. The third-order valence-corrected chi connectivity index (χ3v) is 5.85. The molecule has 4 aromatic rings. The monoisotopic (exact) mass is 517 g/mol. The smallest absolute Gasteiger partial charge is 0.329 e. The molecule has 3 N–H and O–H groups in total. The number of urea groups is 1. The van der Waals surface area contributed by atoms with E-state index in [9.17, 15) is 26.4 Å². The molecule has 0 fully saturated rings. The number of carbonyl (C=O) groups excluding carboxylic acids is 1. The van der Waals surface area contributed by atoms with Gasteiger partial charge in [-0.1, -0.05) is 30.3 Å². The maximum atomic E-state index is 12.3. The van der Waals surface area contributed by atoms with Crippen molar-refractivity contribution in [1.82, 2.24) is 19.4 Å². The van der Waals surface area contributed by atoms with E-state index < -0.39 is 28.8 Å². The molecule has 2 amide bonds. The highest BCUT2D eigenvalue weighted by molar-refractivity contribution is 7.88. The van der Waals surface area contributed by atoms with Gasteiger partial charge in [-0.15, -0.1) is 0 Å². The number of carbonyl (C=O) groups is 1.